The lowest BCUT2D eigenvalue weighted by Gasteiger charge is -2.32. The number of nitro benzene ring substituents is 1. The van der Waals surface area contributed by atoms with Crippen LogP contribution >= 0.6 is 15.9 Å². The lowest BCUT2D eigenvalue weighted by atomic mass is 10.1. The molecule has 0 aliphatic rings. The highest BCUT2D eigenvalue weighted by molar-refractivity contribution is 9.10. The van der Waals surface area contributed by atoms with E-state index in [0.717, 1.165) is 26.7 Å². The van der Waals surface area contributed by atoms with Crippen molar-refractivity contribution >= 4 is 49.1 Å². The smallest absolute Gasteiger partial charge is 0.271 e. The Bertz CT molecular complexity index is 1190. The minimum absolute atomic E-state index is 0.0193. The average molecular weight is 569 g/mol. The average Bonchev–Trinajstić information content (AvgIpc) is 2.79. The summed E-state index contributed by atoms with van der Waals surface area (Å²) in [7, 11) is -3.98. The number of non-ortho nitro benzene ring substituents is 1. The van der Waals surface area contributed by atoms with E-state index < -0.39 is 33.4 Å². The van der Waals surface area contributed by atoms with Crippen molar-refractivity contribution in [2.24, 2.45) is 0 Å². The topological polar surface area (TPSA) is 130 Å². The van der Waals surface area contributed by atoms with Crippen LogP contribution in [0.25, 0.3) is 0 Å². The Morgan fingerprint density at radius 3 is 2.37 bits per heavy atom. The van der Waals surface area contributed by atoms with Gasteiger partial charge in [0.05, 0.1) is 16.9 Å². The first-order valence-corrected chi connectivity index (χ1v) is 13.5. The summed E-state index contributed by atoms with van der Waals surface area (Å²) in [6, 6.07) is 11.2. The van der Waals surface area contributed by atoms with Crippen LogP contribution in [0.4, 0.5) is 11.4 Å². The van der Waals surface area contributed by atoms with Crippen molar-refractivity contribution in [3.63, 3.8) is 0 Å². The van der Waals surface area contributed by atoms with Crippen LogP contribution in [0.1, 0.15) is 32.8 Å². The number of carbonyl (C=O) groups excluding carboxylic acids is 2. The fourth-order valence-electron chi connectivity index (χ4n) is 3.26. The van der Waals surface area contributed by atoms with Crippen molar-refractivity contribution in [3.8, 4) is 0 Å². The first-order chi connectivity index (χ1) is 16.3. The molecule has 1 N–H and O–H groups in total. The molecule has 2 amide bonds. The monoisotopic (exact) mass is 568 g/mol. The lowest BCUT2D eigenvalue weighted by Crippen LogP contribution is -2.52. The number of halogens is 1. The largest absolute Gasteiger partial charge is 0.352 e. The van der Waals surface area contributed by atoms with Crippen LogP contribution in [-0.2, 0) is 26.2 Å². The van der Waals surface area contributed by atoms with Gasteiger partial charge in [0.2, 0.25) is 21.8 Å². The summed E-state index contributed by atoms with van der Waals surface area (Å²) in [5, 5.41) is 14.0. The predicted octanol–water partition coefficient (Wildman–Crippen LogP) is 3.46. The zero-order chi connectivity index (χ0) is 26.3. The third kappa shape index (κ3) is 8.03. The normalized spacial score (nSPS) is 12.9. The SMILES string of the molecule is CCC(C)NC(=O)C(C)N(Cc1cccc(Br)c1)C(=O)CN(c1cccc([N+](=O)[O-])c1)S(C)(=O)=O. The molecule has 0 heterocycles. The number of hydrogen-bond donors (Lipinski definition) is 1. The molecule has 0 saturated heterocycles. The number of carbonyl (C=O) groups is 2. The van der Waals surface area contributed by atoms with Gasteiger partial charge in [-0.15, -0.1) is 0 Å². The summed E-state index contributed by atoms with van der Waals surface area (Å²) in [5.41, 5.74) is 0.405. The summed E-state index contributed by atoms with van der Waals surface area (Å²) < 4.78 is 26.7. The van der Waals surface area contributed by atoms with E-state index in [1.807, 2.05) is 19.9 Å². The maximum Gasteiger partial charge on any atom is 0.271 e. The summed E-state index contributed by atoms with van der Waals surface area (Å²) in [6.07, 6.45) is 1.61. The van der Waals surface area contributed by atoms with Gasteiger partial charge in [0.15, 0.2) is 0 Å². The summed E-state index contributed by atoms with van der Waals surface area (Å²) in [5.74, 6) is -1.00. The summed E-state index contributed by atoms with van der Waals surface area (Å²) in [4.78, 5) is 38.2. The summed E-state index contributed by atoms with van der Waals surface area (Å²) >= 11 is 3.39. The second kappa shape index (κ2) is 12.1. The molecule has 0 aliphatic heterocycles. The van der Waals surface area contributed by atoms with Gasteiger partial charge in [-0.2, -0.15) is 0 Å². The maximum absolute atomic E-state index is 13.5. The van der Waals surface area contributed by atoms with E-state index in [1.165, 1.54) is 23.1 Å². The van der Waals surface area contributed by atoms with E-state index in [-0.39, 0.29) is 29.9 Å². The molecule has 2 atom stereocenters. The zero-order valence-electron chi connectivity index (χ0n) is 20.0. The Kier molecular flexibility index (Phi) is 9.78. The lowest BCUT2D eigenvalue weighted by molar-refractivity contribution is -0.384. The number of nitro groups is 1. The fraction of sp³-hybridized carbons (Fsp3) is 0.391. The number of amides is 2. The standard InChI is InChI=1S/C23H29BrN4O6S/c1-5-16(2)25-23(30)17(3)26(14-18-8-6-9-19(24)12-18)22(29)15-27(35(4,33)34)20-10-7-11-21(13-20)28(31)32/h6-13,16-17H,5,14-15H2,1-4H3,(H,25,30). The van der Waals surface area contributed by atoms with Gasteiger partial charge in [0, 0.05) is 29.2 Å². The van der Waals surface area contributed by atoms with E-state index in [0.29, 0.717) is 6.42 Å². The molecule has 2 unspecified atom stereocenters. The Balaban J connectivity index is 2.43. The molecule has 0 radical (unpaired) electrons. The van der Waals surface area contributed by atoms with Crippen molar-refractivity contribution in [3.05, 3.63) is 68.7 Å². The number of anilines is 1. The van der Waals surface area contributed by atoms with Gasteiger partial charge in [-0.3, -0.25) is 24.0 Å². The molecule has 0 bridgehead atoms. The molecule has 0 aromatic heterocycles. The third-order valence-corrected chi connectivity index (χ3v) is 7.05. The van der Waals surface area contributed by atoms with E-state index in [1.54, 1.807) is 25.1 Å². The molecular formula is C23H29BrN4O6S. The number of nitrogens with zero attached hydrogens (tertiary/aromatic N) is 3. The molecule has 12 heteroatoms. The molecule has 10 nitrogen and oxygen atoms in total. The minimum atomic E-state index is -3.98. The van der Waals surface area contributed by atoms with Crippen LogP contribution in [0, 0.1) is 10.1 Å². The van der Waals surface area contributed by atoms with Crippen LogP contribution in [0.5, 0.6) is 0 Å². The molecule has 0 saturated carbocycles. The van der Waals surface area contributed by atoms with Crippen LogP contribution in [0.2, 0.25) is 0 Å². The van der Waals surface area contributed by atoms with Gasteiger partial charge in [-0.05, 0) is 44.0 Å². The van der Waals surface area contributed by atoms with Crippen molar-refractivity contribution in [1.29, 1.82) is 0 Å². The fourth-order valence-corrected chi connectivity index (χ4v) is 4.54. The minimum Gasteiger partial charge on any atom is -0.352 e. The van der Waals surface area contributed by atoms with Crippen molar-refractivity contribution < 1.29 is 22.9 Å². The number of hydrogen-bond acceptors (Lipinski definition) is 6. The number of rotatable bonds is 11. The highest BCUT2D eigenvalue weighted by Crippen LogP contribution is 2.24. The van der Waals surface area contributed by atoms with Gasteiger partial charge in [0.1, 0.15) is 12.6 Å². The molecule has 190 valence electrons. The van der Waals surface area contributed by atoms with Crippen molar-refractivity contribution in [2.45, 2.75) is 45.8 Å². The Labute approximate surface area is 213 Å². The molecular weight excluding hydrogens is 540 g/mol. The highest BCUT2D eigenvalue weighted by atomic mass is 79.9. The molecule has 0 spiro atoms. The van der Waals surface area contributed by atoms with Crippen molar-refractivity contribution in [2.75, 3.05) is 17.1 Å². The zero-order valence-corrected chi connectivity index (χ0v) is 22.4. The Morgan fingerprint density at radius 1 is 1.14 bits per heavy atom. The van der Waals surface area contributed by atoms with Crippen LogP contribution in [0.3, 0.4) is 0 Å². The van der Waals surface area contributed by atoms with Crippen LogP contribution < -0.4 is 9.62 Å². The first-order valence-electron chi connectivity index (χ1n) is 10.9. The molecule has 0 aliphatic carbocycles. The molecule has 0 fully saturated rings. The second-order valence-electron chi connectivity index (χ2n) is 8.19. The van der Waals surface area contributed by atoms with Gasteiger partial charge in [0.25, 0.3) is 5.69 Å². The summed E-state index contributed by atoms with van der Waals surface area (Å²) in [6.45, 7) is 4.77. The number of benzene rings is 2. The van der Waals surface area contributed by atoms with Crippen LogP contribution in [-0.4, -0.2) is 54.9 Å². The molecule has 2 aromatic carbocycles. The van der Waals surface area contributed by atoms with E-state index >= 15 is 0 Å². The third-order valence-electron chi connectivity index (χ3n) is 5.42. The van der Waals surface area contributed by atoms with Gasteiger partial charge in [-0.25, -0.2) is 8.42 Å². The Hall–Kier alpha value is -2.99. The number of sulfonamides is 1. The van der Waals surface area contributed by atoms with E-state index in [2.05, 4.69) is 21.2 Å². The highest BCUT2D eigenvalue weighted by Gasteiger charge is 2.31. The van der Waals surface area contributed by atoms with E-state index in [4.69, 9.17) is 0 Å². The van der Waals surface area contributed by atoms with E-state index in [9.17, 15) is 28.1 Å². The first kappa shape index (κ1) is 28.2. The molecule has 2 rings (SSSR count). The maximum atomic E-state index is 13.5. The predicted molar refractivity (Wildman–Crippen MR) is 137 cm³/mol. The van der Waals surface area contributed by atoms with Gasteiger partial charge >= 0.3 is 0 Å². The molecule has 2 aromatic rings. The van der Waals surface area contributed by atoms with Crippen LogP contribution in [0.15, 0.2) is 53.0 Å². The quantitative estimate of drug-likeness (QED) is 0.326. The Morgan fingerprint density at radius 2 is 1.80 bits per heavy atom. The number of nitrogens with one attached hydrogen (secondary N) is 1. The van der Waals surface area contributed by atoms with Gasteiger partial charge in [-0.1, -0.05) is 41.1 Å². The molecule has 35 heavy (non-hydrogen) atoms. The second-order valence-corrected chi connectivity index (χ2v) is 11.0. The van der Waals surface area contributed by atoms with Crippen molar-refractivity contribution in [1.82, 2.24) is 10.2 Å². The van der Waals surface area contributed by atoms with Gasteiger partial charge < -0.3 is 10.2 Å².